The molecule has 0 aliphatic heterocycles. The first kappa shape index (κ1) is 13.2. The predicted octanol–water partition coefficient (Wildman–Crippen LogP) is 2.75. The topological polar surface area (TPSA) is 34.1 Å². The lowest BCUT2D eigenvalue weighted by molar-refractivity contribution is -0.110. The van der Waals surface area contributed by atoms with Gasteiger partial charge in [0.05, 0.1) is 0 Å². The van der Waals surface area contributed by atoms with Crippen molar-refractivity contribution in [1.29, 1.82) is 0 Å². The van der Waals surface area contributed by atoms with E-state index < -0.39 is 0 Å². The second-order valence-electron chi connectivity index (χ2n) is 6.27. The lowest BCUT2D eigenvalue weighted by Crippen LogP contribution is -2.12. The van der Waals surface area contributed by atoms with Gasteiger partial charge in [-0.15, -0.1) is 0 Å². The zero-order chi connectivity index (χ0) is 16.3. The summed E-state index contributed by atoms with van der Waals surface area (Å²) in [5.74, 6) is 0.0594. The highest BCUT2D eigenvalue weighted by atomic mass is 16.1. The molecule has 2 heteroatoms. The normalized spacial score (nSPS) is 15.2. The number of hydrogen-bond donors (Lipinski definition) is 0. The summed E-state index contributed by atoms with van der Waals surface area (Å²) < 4.78 is 0. The molecule has 0 N–H and O–H groups in total. The van der Waals surface area contributed by atoms with Crippen LogP contribution in [0.15, 0.2) is 48.6 Å². The quantitative estimate of drug-likeness (QED) is 0.599. The van der Waals surface area contributed by atoms with Crippen molar-refractivity contribution in [3.63, 3.8) is 0 Å². The van der Waals surface area contributed by atoms with Gasteiger partial charge in [0.2, 0.25) is 0 Å². The van der Waals surface area contributed by atoms with Crippen LogP contribution in [0.5, 0.6) is 0 Å². The van der Waals surface area contributed by atoms with Crippen molar-refractivity contribution in [2.45, 2.75) is 0 Å². The molecule has 0 heterocycles. The molecule has 0 spiro atoms. The third-order valence-electron chi connectivity index (χ3n) is 4.65. The number of carbonyl (C=O) groups excluding carboxylic acids is 2. The third kappa shape index (κ3) is 1.97. The molecule has 5 rings (SSSR count). The zero-order valence-electron chi connectivity index (χ0n) is 12.7. The fourth-order valence-electron chi connectivity index (χ4n) is 3.46. The van der Waals surface area contributed by atoms with E-state index >= 15 is 0 Å². The molecule has 0 bridgehead atoms. The minimum Gasteiger partial charge on any atom is -0.290 e. The van der Waals surface area contributed by atoms with Gasteiger partial charge >= 0.3 is 0 Å². The molecule has 2 aliphatic rings. The largest absolute Gasteiger partial charge is 0.290 e. The summed E-state index contributed by atoms with van der Waals surface area (Å²) in [6, 6.07) is 12.6. The first-order chi connectivity index (χ1) is 11.7. The van der Waals surface area contributed by atoms with E-state index in [0.29, 0.717) is 0 Å². The van der Waals surface area contributed by atoms with E-state index in [0.717, 1.165) is 43.1 Å². The first-order valence-electron chi connectivity index (χ1n) is 7.85. The average Bonchev–Trinajstić information content (AvgIpc) is 2.56. The van der Waals surface area contributed by atoms with Crippen LogP contribution in [-0.2, 0) is 9.59 Å². The second-order valence-corrected chi connectivity index (χ2v) is 6.27. The number of ketones is 2. The molecule has 0 radical (unpaired) electrons. The zero-order valence-corrected chi connectivity index (χ0v) is 12.7. The van der Waals surface area contributed by atoms with Gasteiger partial charge < -0.3 is 0 Å². The van der Waals surface area contributed by atoms with E-state index in [2.05, 4.69) is 36.4 Å². The van der Waals surface area contributed by atoms with Crippen LogP contribution in [-0.4, -0.2) is 11.6 Å². The number of rotatable bonds is 0. The van der Waals surface area contributed by atoms with Crippen molar-refractivity contribution in [3.8, 4) is 0 Å². The molecule has 2 aliphatic carbocycles. The average molecular weight is 308 g/mol. The van der Waals surface area contributed by atoms with Crippen molar-refractivity contribution >= 4 is 57.4 Å². The third-order valence-corrected chi connectivity index (χ3v) is 4.65. The maximum atomic E-state index is 11.6. The van der Waals surface area contributed by atoms with Gasteiger partial charge in [-0.05, 0) is 104 Å². The van der Waals surface area contributed by atoms with Gasteiger partial charge in [-0.2, -0.15) is 0 Å². The maximum Gasteiger partial charge on any atom is 0.179 e. The molecule has 0 unspecified atom stereocenters. The fraction of sp³-hybridized carbons (Fsp3) is 0. The van der Waals surface area contributed by atoms with Crippen molar-refractivity contribution in [3.05, 3.63) is 70.1 Å². The molecule has 0 fully saturated rings. The fourth-order valence-corrected chi connectivity index (χ4v) is 3.46. The Hall–Kier alpha value is -3.26. The Balaban J connectivity index is 1.86. The second kappa shape index (κ2) is 4.62. The minimum atomic E-state index is 0.0297. The van der Waals surface area contributed by atoms with Crippen molar-refractivity contribution in [2.75, 3.05) is 0 Å². The van der Waals surface area contributed by atoms with E-state index in [1.807, 2.05) is 12.2 Å². The molecule has 2 nitrogen and oxygen atoms in total. The van der Waals surface area contributed by atoms with Gasteiger partial charge in [-0.1, -0.05) is 12.2 Å². The molecule has 112 valence electrons. The van der Waals surface area contributed by atoms with E-state index in [1.165, 1.54) is 0 Å². The monoisotopic (exact) mass is 308 g/mol. The van der Waals surface area contributed by atoms with Crippen molar-refractivity contribution in [1.82, 2.24) is 0 Å². The molecular weight excluding hydrogens is 296 g/mol. The molecule has 0 saturated carbocycles. The molecule has 0 atom stereocenters. The van der Waals surface area contributed by atoms with Crippen LogP contribution < -0.4 is 10.4 Å². The smallest absolute Gasteiger partial charge is 0.179 e. The van der Waals surface area contributed by atoms with Crippen LogP contribution in [0.1, 0.15) is 11.1 Å². The van der Waals surface area contributed by atoms with Crippen molar-refractivity contribution in [2.24, 2.45) is 0 Å². The lowest BCUT2D eigenvalue weighted by Gasteiger charge is -2.09. The van der Waals surface area contributed by atoms with Gasteiger partial charge in [0.1, 0.15) is 0 Å². The Morgan fingerprint density at radius 3 is 1.33 bits per heavy atom. The summed E-state index contributed by atoms with van der Waals surface area (Å²) in [5, 5.41) is 6.41. The minimum absolute atomic E-state index is 0.0297. The van der Waals surface area contributed by atoms with Crippen LogP contribution in [0.3, 0.4) is 0 Å². The Morgan fingerprint density at radius 2 is 0.875 bits per heavy atom. The standard InChI is InChI=1S/C22H12O2/c23-21-3-1-13-5-15-7-18-10-20-12-22(24)4-2-14(20)6-16(18)8-17(15)9-19(13)11-21/h1-12H. The van der Waals surface area contributed by atoms with Gasteiger partial charge in [-0.25, -0.2) is 0 Å². The predicted molar refractivity (Wildman–Crippen MR) is 97.7 cm³/mol. The number of benzene rings is 3. The molecule has 24 heavy (non-hydrogen) atoms. The molecule has 3 aromatic rings. The molecule has 0 amide bonds. The Bertz CT molecular complexity index is 1170. The molecule has 0 saturated heterocycles. The van der Waals surface area contributed by atoms with Crippen LogP contribution in [0.4, 0.5) is 0 Å². The Kier molecular flexibility index (Phi) is 2.54. The number of fused-ring (bicyclic) bond motifs is 4. The summed E-state index contributed by atoms with van der Waals surface area (Å²) in [6.07, 6.45) is 10.3. The van der Waals surface area contributed by atoms with E-state index in [9.17, 15) is 9.59 Å². The van der Waals surface area contributed by atoms with Crippen LogP contribution in [0, 0.1) is 0 Å². The van der Waals surface area contributed by atoms with Crippen LogP contribution >= 0.6 is 0 Å². The lowest BCUT2D eigenvalue weighted by atomic mass is 9.95. The summed E-state index contributed by atoms with van der Waals surface area (Å²) in [5.41, 5.74) is 2.12. The highest BCUT2D eigenvalue weighted by Crippen LogP contribution is 2.24. The van der Waals surface area contributed by atoms with Gasteiger partial charge in [0.15, 0.2) is 11.6 Å². The number of carbonyl (C=O) groups is 2. The molecular formula is C22H12O2. The highest BCUT2D eigenvalue weighted by molar-refractivity contribution is 6.18. The summed E-state index contributed by atoms with van der Waals surface area (Å²) in [7, 11) is 0. The van der Waals surface area contributed by atoms with Gasteiger partial charge in [-0.3, -0.25) is 9.59 Å². The van der Waals surface area contributed by atoms with Crippen LogP contribution in [0.2, 0.25) is 0 Å². The summed E-state index contributed by atoms with van der Waals surface area (Å²) >= 11 is 0. The van der Waals surface area contributed by atoms with E-state index in [4.69, 9.17) is 0 Å². The van der Waals surface area contributed by atoms with E-state index in [-0.39, 0.29) is 11.6 Å². The summed E-state index contributed by atoms with van der Waals surface area (Å²) in [6.45, 7) is 0. The van der Waals surface area contributed by atoms with Crippen molar-refractivity contribution < 1.29 is 9.59 Å². The number of hydrogen-bond acceptors (Lipinski definition) is 2. The maximum absolute atomic E-state index is 11.6. The SMILES string of the molecule is O=C1C=Cc2cc3cc4cc5c(cc4cc3cc2=C1)C=CC(=O)C=5. The number of allylic oxidation sites excluding steroid dienone is 2. The van der Waals surface area contributed by atoms with E-state index in [1.54, 1.807) is 24.3 Å². The Labute approximate surface area is 137 Å². The first-order valence-corrected chi connectivity index (χ1v) is 7.85. The molecule has 3 aromatic carbocycles. The summed E-state index contributed by atoms with van der Waals surface area (Å²) in [4.78, 5) is 23.2. The van der Waals surface area contributed by atoms with Gasteiger partial charge in [0.25, 0.3) is 0 Å². The van der Waals surface area contributed by atoms with Gasteiger partial charge in [0, 0.05) is 0 Å². The highest BCUT2D eigenvalue weighted by Gasteiger charge is 2.08. The Morgan fingerprint density at radius 1 is 0.458 bits per heavy atom. The molecule has 0 aromatic heterocycles. The van der Waals surface area contributed by atoms with Crippen LogP contribution in [0.25, 0.3) is 45.8 Å².